The Balaban J connectivity index is 1.38. The van der Waals surface area contributed by atoms with E-state index in [1.165, 1.54) is 12.1 Å². The second kappa shape index (κ2) is 9.51. The molecule has 9 heteroatoms. The van der Waals surface area contributed by atoms with Crippen molar-refractivity contribution >= 4 is 38.6 Å². The summed E-state index contributed by atoms with van der Waals surface area (Å²) < 4.78 is 40.3. The zero-order chi connectivity index (χ0) is 23.4. The highest BCUT2D eigenvalue weighted by Gasteiger charge is 2.14. The van der Waals surface area contributed by atoms with E-state index in [9.17, 15) is 17.6 Å². The smallest absolute Gasteiger partial charge is 0.261 e. The molecule has 0 unspecified atom stereocenters. The van der Waals surface area contributed by atoms with E-state index in [0.29, 0.717) is 11.4 Å². The standard InChI is InChI=1S/C24H20FN3O3S2/c1-16-26-23(15-32-16)18-3-2-4-21(14-18)27-24(29)13-17-5-9-20(10-6-17)28-33(30,31)22-11-7-19(25)8-12-22/h2-12,14-15,28H,13H2,1H3,(H,27,29). The maximum Gasteiger partial charge on any atom is 0.261 e. The number of hydrogen-bond donors (Lipinski definition) is 2. The summed E-state index contributed by atoms with van der Waals surface area (Å²) in [5, 5.41) is 5.83. The lowest BCUT2D eigenvalue weighted by Crippen LogP contribution is -2.15. The number of rotatable bonds is 7. The molecule has 0 spiro atoms. The van der Waals surface area contributed by atoms with Crippen molar-refractivity contribution in [2.45, 2.75) is 18.2 Å². The highest BCUT2D eigenvalue weighted by Crippen LogP contribution is 2.24. The average molecular weight is 482 g/mol. The number of hydrogen-bond acceptors (Lipinski definition) is 5. The molecule has 1 amide bonds. The molecule has 0 aliphatic carbocycles. The normalized spacial score (nSPS) is 11.2. The summed E-state index contributed by atoms with van der Waals surface area (Å²) in [6.45, 7) is 1.94. The van der Waals surface area contributed by atoms with E-state index in [0.717, 1.165) is 34.0 Å². The van der Waals surface area contributed by atoms with Crippen LogP contribution in [0, 0.1) is 12.7 Å². The van der Waals surface area contributed by atoms with Crippen molar-refractivity contribution in [3.63, 3.8) is 0 Å². The number of amides is 1. The van der Waals surface area contributed by atoms with Crippen molar-refractivity contribution in [2.24, 2.45) is 0 Å². The number of carbonyl (C=O) groups excluding carboxylic acids is 1. The van der Waals surface area contributed by atoms with Gasteiger partial charge >= 0.3 is 0 Å². The maximum absolute atomic E-state index is 13.0. The van der Waals surface area contributed by atoms with Gasteiger partial charge in [-0.05, 0) is 61.0 Å². The third-order valence-electron chi connectivity index (χ3n) is 4.76. The van der Waals surface area contributed by atoms with Crippen molar-refractivity contribution in [1.29, 1.82) is 0 Å². The summed E-state index contributed by atoms with van der Waals surface area (Å²) >= 11 is 1.57. The summed E-state index contributed by atoms with van der Waals surface area (Å²) in [6.07, 6.45) is 0.130. The number of anilines is 2. The number of thiazole rings is 1. The van der Waals surface area contributed by atoms with Crippen LogP contribution in [-0.2, 0) is 21.2 Å². The van der Waals surface area contributed by atoms with E-state index in [2.05, 4.69) is 15.0 Å². The highest BCUT2D eigenvalue weighted by atomic mass is 32.2. The van der Waals surface area contributed by atoms with E-state index in [-0.39, 0.29) is 17.2 Å². The Morgan fingerprint density at radius 3 is 2.39 bits per heavy atom. The number of aromatic nitrogens is 1. The number of carbonyl (C=O) groups is 1. The van der Waals surface area contributed by atoms with Crippen LogP contribution in [0.15, 0.2) is 83.1 Å². The number of nitrogens with one attached hydrogen (secondary N) is 2. The third kappa shape index (κ3) is 5.82. The molecule has 0 aliphatic heterocycles. The van der Waals surface area contributed by atoms with Crippen molar-refractivity contribution < 1.29 is 17.6 Å². The molecule has 2 N–H and O–H groups in total. The van der Waals surface area contributed by atoms with Gasteiger partial charge in [-0.15, -0.1) is 11.3 Å². The Morgan fingerprint density at radius 1 is 1.00 bits per heavy atom. The number of aryl methyl sites for hydroxylation is 1. The zero-order valence-corrected chi connectivity index (χ0v) is 19.2. The first-order valence-electron chi connectivity index (χ1n) is 9.98. The molecule has 33 heavy (non-hydrogen) atoms. The van der Waals surface area contributed by atoms with Gasteiger partial charge in [-0.3, -0.25) is 9.52 Å². The Kier molecular flexibility index (Phi) is 6.52. The molecule has 0 radical (unpaired) electrons. The predicted molar refractivity (Wildman–Crippen MR) is 128 cm³/mol. The third-order valence-corrected chi connectivity index (χ3v) is 6.93. The first-order chi connectivity index (χ1) is 15.8. The molecule has 0 bridgehead atoms. The summed E-state index contributed by atoms with van der Waals surface area (Å²) in [7, 11) is -3.83. The van der Waals surface area contributed by atoms with Crippen molar-refractivity contribution in [2.75, 3.05) is 10.0 Å². The van der Waals surface area contributed by atoms with Crippen molar-refractivity contribution in [1.82, 2.24) is 4.98 Å². The second-order valence-electron chi connectivity index (χ2n) is 7.31. The van der Waals surface area contributed by atoms with E-state index >= 15 is 0 Å². The first kappa shape index (κ1) is 22.6. The lowest BCUT2D eigenvalue weighted by molar-refractivity contribution is -0.115. The SMILES string of the molecule is Cc1nc(-c2cccc(NC(=O)Cc3ccc(NS(=O)(=O)c4ccc(F)cc4)cc3)c2)cs1. The van der Waals surface area contributed by atoms with Gasteiger partial charge in [-0.2, -0.15) is 0 Å². The molecule has 168 valence electrons. The summed E-state index contributed by atoms with van der Waals surface area (Å²) in [5.74, 6) is -0.706. The Bertz CT molecular complexity index is 1380. The van der Waals surface area contributed by atoms with Gasteiger partial charge in [0.2, 0.25) is 5.91 Å². The van der Waals surface area contributed by atoms with Crippen LogP contribution in [0.3, 0.4) is 0 Å². The van der Waals surface area contributed by atoms with Gasteiger partial charge in [0.25, 0.3) is 10.0 Å². The van der Waals surface area contributed by atoms with E-state index in [4.69, 9.17) is 0 Å². The van der Waals surface area contributed by atoms with Gasteiger partial charge in [0.15, 0.2) is 0 Å². The second-order valence-corrected chi connectivity index (χ2v) is 10.1. The van der Waals surface area contributed by atoms with Gasteiger partial charge in [0, 0.05) is 22.3 Å². The molecule has 6 nitrogen and oxygen atoms in total. The molecule has 3 aromatic carbocycles. The van der Waals surface area contributed by atoms with Crippen LogP contribution in [0.5, 0.6) is 0 Å². The molecule has 0 saturated carbocycles. The first-order valence-corrected chi connectivity index (χ1v) is 12.3. The molecule has 0 atom stereocenters. The topological polar surface area (TPSA) is 88.2 Å². The van der Waals surface area contributed by atoms with E-state index in [1.807, 2.05) is 36.6 Å². The van der Waals surface area contributed by atoms with Gasteiger partial charge in [0.1, 0.15) is 5.82 Å². The largest absolute Gasteiger partial charge is 0.326 e. The van der Waals surface area contributed by atoms with Crippen LogP contribution >= 0.6 is 11.3 Å². The Labute approximate surface area is 195 Å². The molecule has 0 aliphatic rings. The Hall–Kier alpha value is -3.56. The molecule has 1 aromatic heterocycles. The van der Waals surface area contributed by atoms with Crippen LogP contribution < -0.4 is 10.0 Å². The van der Waals surface area contributed by atoms with Gasteiger partial charge in [-0.1, -0.05) is 24.3 Å². The zero-order valence-electron chi connectivity index (χ0n) is 17.6. The maximum atomic E-state index is 13.0. The average Bonchev–Trinajstić information content (AvgIpc) is 3.22. The molecule has 0 saturated heterocycles. The van der Waals surface area contributed by atoms with Crippen LogP contribution in [0.25, 0.3) is 11.3 Å². The molecule has 1 heterocycles. The number of benzene rings is 3. The van der Waals surface area contributed by atoms with E-state index in [1.54, 1.807) is 35.6 Å². The monoisotopic (exact) mass is 481 g/mol. The molecule has 0 fully saturated rings. The lowest BCUT2D eigenvalue weighted by atomic mass is 10.1. The minimum Gasteiger partial charge on any atom is -0.326 e. The van der Waals surface area contributed by atoms with E-state index < -0.39 is 15.8 Å². The highest BCUT2D eigenvalue weighted by molar-refractivity contribution is 7.92. The van der Waals surface area contributed by atoms with Crippen LogP contribution in [-0.4, -0.2) is 19.3 Å². The number of nitrogens with zero attached hydrogens (tertiary/aromatic N) is 1. The minimum atomic E-state index is -3.83. The fraction of sp³-hybridized carbons (Fsp3) is 0.0833. The number of halogens is 1. The minimum absolute atomic E-state index is 0.0394. The predicted octanol–water partition coefficient (Wildman–Crippen LogP) is 5.24. The molecule has 4 aromatic rings. The van der Waals surface area contributed by atoms with Crippen LogP contribution in [0.4, 0.5) is 15.8 Å². The van der Waals surface area contributed by atoms with Gasteiger partial charge < -0.3 is 5.32 Å². The Morgan fingerprint density at radius 2 is 1.73 bits per heavy atom. The number of sulfonamides is 1. The van der Waals surface area contributed by atoms with Gasteiger partial charge in [0.05, 0.1) is 22.0 Å². The summed E-state index contributed by atoms with van der Waals surface area (Å²) in [4.78, 5) is 16.9. The fourth-order valence-electron chi connectivity index (χ4n) is 3.16. The molecular weight excluding hydrogens is 461 g/mol. The van der Waals surface area contributed by atoms with Crippen LogP contribution in [0.1, 0.15) is 10.6 Å². The van der Waals surface area contributed by atoms with Crippen LogP contribution in [0.2, 0.25) is 0 Å². The molecule has 4 rings (SSSR count). The quantitative estimate of drug-likeness (QED) is 0.378. The van der Waals surface area contributed by atoms with Crippen molar-refractivity contribution in [3.05, 3.63) is 94.6 Å². The summed E-state index contributed by atoms with van der Waals surface area (Å²) in [5.41, 5.74) is 3.53. The lowest BCUT2D eigenvalue weighted by Gasteiger charge is -2.10. The summed E-state index contributed by atoms with van der Waals surface area (Å²) in [6, 6.07) is 18.6. The fourth-order valence-corrected chi connectivity index (χ4v) is 4.84. The van der Waals surface area contributed by atoms with Gasteiger partial charge in [-0.25, -0.2) is 17.8 Å². The molecular formula is C24H20FN3O3S2. The van der Waals surface area contributed by atoms with Crippen molar-refractivity contribution in [3.8, 4) is 11.3 Å².